The third kappa shape index (κ3) is 3.57. The van der Waals surface area contributed by atoms with Crippen LogP contribution in [-0.4, -0.2) is 15.2 Å². The average Bonchev–Trinajstić information content (AvgIpc) is 2.56. The smallest absolute Gasteiger partial charge is 0.249 e. The summed E-state index contributed by atoms with van der Waals surface area (Å²) in [7, 11) is 0. The zero-order valence-corrected chi connectivity index (χ0v) is 13.3. The Hall–Kier alpha value is -2.80. The Bertz CT molecular complexity index is 888. The lowest BCUT2D eigenvalue weighted by atomic mass is 10.2. The SMILES string of the molecule is Cc1c(Cl)cccc1Nc1nncc(Nc2ccc(F)c(F)c2)n1. The minimum absolute atomic E-state index is 0.243. The second kappa shape index (κ2) is 6.76. The van der Waals surface area contributed by atoms with Gasteiger partial charge in [0.25, 0.3) is 0 Å². The van der Waals surface area contributed by atoms with Crippen molar-refractivity contribution in [1.82, 2.24) is 15.2 Å². The number of halogens is 3. The quantitative estimate of drug-likeness (QED) is 0.722. The van der Waals surface area contributed by atoms with Gasteiger partial charge in [0.15, 0.2) is 17.5 Å². The summed E-state index contributed by atoms with van der Waals surface area (Å²) in [6.45, 7) is 1.86. The largest absolute Gasteiger partial charge is 0.339 e. The van der Waals surface area contributed by atoms with Crippen molar-refractivity contribution in [2.75, 3.05) is 10.6 Å². The molecule has 3 rings (SSSR count). The number of hydrogen-bond acceptors (Lipinski definition) is 5. The van der Waals surface area contributed by atoms with Crippen LogP contribution < -0.4 is 10.6 Å². The second-order valence-corrected chi connectivity index (χ2v) is 5.36. The molecule has 1 heterocycles. The van der Waals surface area contributed by atoms with Gasteiger partial charge in [-0.25, -0.2) is 8.78 Å². The highest BCUT2D eigenvalue weighted by molar-refractivity contribution is 6.31. The van der Waals surface area contributed by atoms with Crippen LogP contribution in [0.5, 0.6) is 0 Å². The number of benzene rings is 2. The van der Waals surface area contributed by atoms with Crippen LogP contribution in [0.15, 0.2) is 42.6 Å². The molecule has 8 heteroatoms. The van der Waals surface area contributed by atoms with E-state index in [0.717, 1.165) is 23.4 Å². The van der Waals surface area contributed by atoms with Gasteiger partial charge in [-0.3, -0.25) is 0 Å². The Kier molecular flexibility index (Phi) is 4.52. The molecule has 0 atom stereocenters. The summed E-state index contributed by atoms with van der Waals surface area (Å²) >= 11 is 6.07. The topological polar surface area (TPSA) is 62.7 Å². The van der Waals surface area contributed by atoms with E-state index in [0.29, 0.717) is 16.5 Å². The molecule has 2 aromatic carbocycles. The van der Waals surface area contributed by atoms with Crippen molar-refractivity contribution in [3.8, 4) is 0 Å². The summed E-state index contributed by atoms with van der Waals surface area (Å²) in [6, 6.07) is 8.87. The molecule has 3 aromatic rings. The van der Waals surface area contributed by atoms with Crippen molar-refractivity contribution in [2.45, 2.75) is 6.92 Å². The van der Waals surface area contributed by atoms with Crippen LogP contribution >= 0.6 is 11.6 Å². The predicted octanol–water partition coefficient (Wildman–Crippen LogP) is 4.60. The van der Waals surface area contributed by atoms with E-state index in [4.69, 9.17) is 11.6 Å². The highest BCUT2D eigenvalue weighted by Gasteiger charge is 2.07. The molecule has 0 spiro atoms. The summed E-state index contributed by atoms with van der Waals surface area (Å²) in [4.78, 5) is 4.23. The first-order valence-corrected chi connectivity index (χ1v) is 7.34. The van der Waals surface area contributed by atoms with Crippen molar-refractivity contribution in [2.24, 2.45) is 0 Å². The number of aromatic nitrogens is 3. The highest BCUT2D eigenvalue weighted by Crippen LogP contribution is 2.25. The molecule has 0 aliphatic heterocycles. The molecule has 2 N–H and O–H groups in total. The number of hydrogen-bond donors (Lipinski definition) is 2. The number of nitrogens with one attached hydrogen (secondary N) is 2. The molecule has 0 aliphatic rings. The van der Waals surface area contributed by atoms with Crippen molar-refractivity contribution < 1.29 is 8.78 Å². The van der Waals surface area contributed by atoms with Gasteiger partial charge in [0.1, 0.15) is 0 Å². The summed E-state index contributed by atoms with van der Waals surface area (Å²) in [5.74, 6) is -1.29. The van der Waals surface area contributed by atoms with Crippen LogP contribution in [0.2, 0.25) is 5.02 Å². The third-order valence-electron chi connectivity index (χ3n) is 3.27. The van der Waals surface area contributed by atoms with E-state index in [2.05, 4.69) is 25.8 Å². The summed E-state index contributed by atoms with van der Waals surface area (Å²) < 4.78 is 26.2. The molecule has 0 fully saturated rings. The minimum atomic E-state index is -0.949. The lowest BCUT2D eigenvalue weighted by Crippen LogP contribution is -2.03. The maximum absolute atomic E-state index is 13.2. The Labute approximate surface area is 141 Å². The predicted molar refractivity (Wildman–Crippen MR) is 88.9 cm³/mol. The second-order valence-electron chi connectivity index (χ2n) is 4.96. The van der Waals surface area contributed by atoms with Gasteiger partial charge in [-0.05, 0) is 36.8 Å². The molecule has 0 aliphatic carbocycles. The van der Waals surface area contributed by atoms with Gasteiger partial charge in [-0.1, -0.05) is 17.7 Å². The Balaban J connectivity index is 1.81. The van der Waals surface area contributed by atoms with Gasteiger partial charge in [-0.15, -0.1) is 5.10 Å². The van der Waals surface area contributed by atoms with Gasteiger partial charge >= 0.3 is 0 Å². The summed E-state index contributed by atoms with van der Waals surface area (Å²) in [5.41, 5.74) is 1.94. The third-order valence-corrected chi connectivity index (χ3v) is 3.67. The Morgan fingerprint density at radius 1 is 1.04 bits per heavy atom. The zero-order chi connectivity index (χ0) is 17.1. The molecular formula is C16H12ClF2N5. The van der Waals surface area contributed by atoms with E-state index in [9.17, 15) is 8.78 Å². The van der Waals surface area contributed by atoms with Crippen LogP contribution in [0.25, 0.3) is 0 Å². The van der Waals surface area contributed by atoms with Crippen LogP contribution in [0.1, 0.15) is 5.56 Å². The lowest BCUT2D eigenvalue weighted by molar-refractivity contribution is 0.509. The van der Waals surface area contributed by atoms with Crippen LogP contribution in [0.4, 0.5) is 31.9 Å². The Morgan fingerprint density at radius 2 is 1.88 bits per heavy atom. The summed E-state index contributed by atoms with van der Waals surface area (Å²) in [5, 5.41) is 14.2. The molecule has 0 amide bonds. The first-order chi connectivity index (χ1) is 11.5. The molecule has 5 nitrogen and oxygen atoms in total. The van der Waals surface area contributed by atoms with Crippen molar-refractivity contribution in [1.29, 1.82) is 0 Å². The molecule has 24 heavy (non-hydrogen) atoms. The molecule has 0 saturated carbocycles. The van der Waals surface area contributed by atoms with E-state index in [1.807, 2.05) is 13.0 Å². The van der Waals surface area contributed by atoms with Gasteiger partial charge in [0.2, 0.25) is 5.95 Å². The molecule has 122 valence electrons. The minimum Gasteiger partial charge on any atom is -0.339 e. The average molecular weight is 348 g/mol. The van der Waals surface area contributed by atoms with Crippen molar-refractivity contribution in [3.05, 3.63) is 64.8 Å². The monoisotopic (exact) mass is 347 g/mol. The zero-order valence-electron chi connectivity index (χ0n) is 12.5. The number of anilines is 4. The number of rotatable bonds is 4. The normalized spacial score (nSPS) is 10.5. The van der Waals surface area contributed by atoms with Gasteiger partial charge in [0.05, 0.1) is 6.20 Å². The van der Waals surface area contributed by atoms with E-state index in [-0.39, 0.29) is 5.95 Å². The molecule has 0 radical (unpaired) electrons. The lowest BCUT2D eigenvalue weighted by Gasteiger charge is -2.10. The van der Waals surface area contributed by atoms with Crippen LogP contribution in [-0.2, 0) is 0 Å². The maximum Gasteiger partial charge on any atom is 0.249 e. The summed E-state index contributed by atoms with van der Waals surface area (Å²) in [6.07, 6.45) is 1.37. The first kappa shape index (κ1) is 16.1. The Morgan fingerprint density at radius 3 is 2.67 bits per heavy atom. The highest BCUT2D eigenvalue weighted by atomic mass is 35.5. The van der Waals surface area contributed by atoms with Crippen molar-refractivity contribution in [3.63, 3.8) is 0 Å². The van der Waals surface area contributed by atoms with Crippen LogP contribution in [0, 0.1) is 18.6 Å². The maximum atomic E-state index is 13.2. The standard InChI is InChI=1S/C16H12ClF2N5/c1-9-11(17)3-2-4-14(9)22-16-23-15(8-20-24-16)21-10-5-6-12(18)13(19)7-10/h2-8H,1H3,(H2,21,22,23,24). The van der Waals surface area contributed by atoms with E-state index < -0.39 is 11.6 Å². The van der Waals surface area contributed by atoms with Gasteiger partial charge in [0, 0.05) is 22.5 Å². The van der Waals surface area contributed by atoms with E-state index in [1.54, 1.807) is 12.1 Å². The fourth-order valence-electron chi connectivity index (χ4n) is 2.00. The first-order valence-electron chi connectivity index (χ1n) is 6.97. The van der Waals surface area contributed by atoms with E-state index >= 15 is 0 Å². The molecular weight excluding hydrogens is 336 g/mol. The molecule has 0 unspecified atom stereocenters. The van der Waals surface area contributed by atoms with Crippen molar-refractivity contribution >= 4 is 34.7 Å². The molecule has 0 saturated heterocycles. The molecule has 1 aromatic heterocycles. The fraction of sp³-hybridized carbons (Fsp3) is 0.0625. The number of nitrogens with zero attached hydrogens (tertiary/aromatic N) is 3. The van der Waals surface area contributed by atoms with Crippen LogP contribution in [0.3, 0.4) is 0 Å². The fourth-order valence-corrected chi connectivity index (χ4v) is 2.18. The van der Waals surface area contributed by atoms with Gasteiger partial charge < -0.3 is 10.6 Å². The van der Waals surface area contributed by atoms with E-state index in [1.165, 1.54) is 12.3 Å². The van der Waals surface area contributed by atoms with Gasteiger partial charge in [-0.2, -0.15) is 10.1 Å². The molecule has 0 bridgehead atoms.